The van der Waals surface area contributed by atoms with Crippen molar-refractivity contribution in [1.82, 2.24) is 5.32 Å². The largest absolute Gasteiger partial charge is 0.480 e. The summed E-state index contributed by atoms with van der Waals surface area (Å²) in [5, 5.41) is 20.4. The number of nitrogens with one attached hydrogen (secondary N) is 1. The molecule has 2 N–H and O–H groups in total. The standard InChI is InChI=1S/C14H17N3O3/c1-14(2,13(19)20)16-10-12(18)17(9-8-15)11-6-4-3-5-7-11/h3-7,16H,9-10H2,1-2H3,(H,19,20). The van der Waals surface area contributed by atoms with Gasteiger partial charge >= 0.3 is 5.97 Å². The number of carboxylic acids is 1. The van der Waals surface area contributed by atoms with E-state index in [1.165, 1.54) is 18.7 Å². The van der Waals surface area contributed by atoms with Crippen LogP contribution in [0, 0.1) is 11.3 Å². The molecule has 0 aliphatic heterocycles. The van der Waals surface area contributed by atoms with E-state index >= 15 is 0 Å². The van der Waals surface area contributed by atoms with Gasteiger partial charge in [0.15, 0.2) is 0 Å². The summed E-state index contributed by atoms with van der Waals surface area (Å²) >= 11 is 0. The average molecular weight is 275 g/mol. The summed E-state index contributed by atoms with van der Waals surface area (Å²) in [6.07, 6.45) is 0. The monoisotopic (exact) mass is 275 g/mol. The minimum Gasteiger partial charge on any atom is -0.480 e. The van der Waals surface area contributed by atoms with Crippen LogP contribution < -0.4 is 10.2 Å². The molecule has 1 rings (SSSR count). The number of carboxylic acid groups (broad SMARTS) is 1. The molecule has 0 aliphatic carbocycles. The molecule has 0 aromatic heterocycles. The predicted molar refractivity (Wildman–Crippen MR) is 74.1 cm³/mol. The number of anilines is 1. The van der Waals surface area contributed by atoms with Crippen LogP contribution in [0.4, 0.5) is 5.69 Å². The average Bonchev–Trinajstić information content (AvgIpc) is 2.43. The molecular formula is C14H17N3O3. The number of carbonyl (C=O) groups is 2. The highest BCUT2D eigenvalue weighted by Crippen LogP contribution is 2.13. The van der Waals surface area contributed by atoms with Gasteiger partial charge < -0.3 is 5.11 Å². The second-order valence-corrected chi connectivity index (χ2v) is 4.76. The van der Waals surface area contributed by atoms with Crippen LogP contribution in [0.5, 0.6) is 0 Å². The summed E-state index contributed by atoms with van der Waals surface area (Å²) < 4.78 is 0. The number of hydrogen-bond acceptors (Lipinski definition) is 4. The third kappa shape index (κ3) is 4.07. The number of carbonyl (C=O) groups excluding carboxylic acids is 1. The van der Waals surface area contributed by atoms with Crippen LogP contribution in [0.2, 0.25) is 0 Å². The van der Waals surface area contributed by atoms with Crippen molar-refractivity contribution in [1.29, 1.82) is 5.26 Å². The maximum Gasteiger partial charge on any atom is 0.323 e. The molecule has 0 unspecified atom stereocenters. The molecule has 106 valence electrons. The summed E-state index contributed by atoms with van der Waals surface area (Å²) in [4.78, 5) is 24.4. The molecule has 6 heteroatoms. The highest BCUT2D eigenvalue weighted by atomic mass is 16.4. The van der Waals surface area contributed by atoms with Gasteiger partial charge in [0.1, 0.15) is 12.1 Å². The number of para-hydroxylation sites is 1. The fourth-order valence-corrected chi connectivity index (χ4v) is 1.47. The topological polar surface area (TPSA) is 93.4 Å². The van der Waals surface area contributed by atoms with Crippen molar-refractivity contribution >= 4 is 17.6 Å². The lowest BCUT2D eigenvalue weighted by atomic mass is 10.1. The van der Waals surface area contributed by atoms with Crippen LogP contribution in [0.15, 0.2) is 30.3 Å². The zero-order valence-corrected chi connectivity index (χ0v) is 11.5. The SMILES string of the molecule is CC(C)(NCC(=O)N(CC#N)c1ccccc1)C(=O)O. The molecule has 0 spiro atoms. The Morgan fingerprint density at radius 3 is 2.45 bits per heavy atom. The lowest BCUT2D eigenvalue weighted by molar-refractivity contribution is -0.143. The minimum atomic E-state index is -1.20. The van der Waals surface area contributed by atoms with Crippen LogP contribution >= 0.6 is 0 Å². The molecule has 0 radical (unpaired) electrons. The quantitative estimate of drug-likeness (QED) is 0.755. The van der Waals surface area contributed by atoms with Gasteiger partial charge in [0.25, 0.3) is 0 Å². The van der Waals surface area contributed by atoms with Crippen molar-refractivity contribution in [2.75, 3.05) is 18.0 Å². The lowest BCUT2D eigenvalue weighted by Gasteiger charge is -2.24. The summed E-state index contributed by atoms with van der Waals surface area (Å²) in [5.74, 6) is -1.40. The van der Waals surface area contributed by atoms with Crippen molar-refractivity contribution in [3.05, 3.63) is 30.3 Å². The van der Waals surface area contributed by atoms with Crippen LogP contribution in [0.25, 0.3) is 0 Å². The van der Waals surface area contributed by atoms with E-state index in [1.54, 1.807) is 24.3 Å². The number of rotatable bonds is 6. The zero-order valence-electron chi connectivity index (χ0n) is 11.5. The van der Waals surface area contributed by atoms with Gasteiger partial charge in [-0.25, -0.2) is 0 Å². The molecule has 20 heavy (non-hydrogen) atoms. The molecule has 0 saturated heterocycles. The van der Waals surface area contributed by atoms with Gasteiger partial charge in [-0.05, 0) is 26.0 Å². The number of aliphatic carboxylic acids is 1. The van der Waals surface area contributed by atoms with Crippen LogP contribution in [0.3, 0.4) is 0 Å². The van der Waals surface area contributed by atoms with Crippen LogP contribution in [-0.4, -0.2) is 35.6 Å². The van der Waals surface area contributed by atoms with Crippen molar-refractivity contribution in [3.63, 3.8) is 0 Å². The second-order valence-electron chi connectivity index (χ2n) is 4.76. The fraction of sp³-hybridized carbons (Fsp3) is 0.357. The molecule has 1 aromatic carbocycles. The normalized spacial score (nSPS) is 10.7. The summed E-state index contributed by atoms with van der Waals surface area (Å²) in [6, 6.07) is 10.7. The van der Waals surface area contributed by atoms with Gasteiger partial charge in [0.05, 0.1) is 12.6 Å². The van der Waals surface area contributed by atoms with Crippen molar-refractivity contribution in [2.24, 2.45) is 0 Å². The Kier molecular flexibility index (Phi) is 5.23. The molecule has 6 nitrogen and oxygen atoms in total. The first-order chi connectivity index (χ1) is 9.38. The first-order valence-corrected chi connectivity index (χ1v) is 6.09. The van der Waals surface area contributed by atoms with E-state index in [-0.39, 0.29) is 19.0 Å². The number of hydrogen-bond donors (Lipinski definition) is 2. The first kappa shape index (κ1) is 15.7. The first-order valence-electron chi connectivity index (χ1n) is 6.09. The predicted octanol–water partition coefficient (Wildman–Crippen LogP) is 0.996. The maximum absolute atomic E-state index is 12.1. The second kappa shape index (κ2) is 6.68. The third-order valence-corrected chi connectivity index (χ3v) is 2.81. The molecule has 0 fully saturated rings. The smallest absolute Gasteiger partial charge is 0.323 e. The lowest BCUT2D eigenvalue weighted by Crippen LogP contribution is -2.51. The van der Waals surface area contributed by atoms with Gasteiger partial charge in [-0.15, -0.1) is 0 Å². The maximum atomic E-state index is 12.1. The van der Waals surface area contributed by atoms with E-state index in [0.29, 0.717) is 5.69 Å². The number of benzene rings is 1. The van der Waals surface area contributed by atoms with Gasteiger partial charge in [-0.1, -0.05) is 18.2 Å². The Hall–Kier alpha value is -2.39. The highest BCUT2D eigenvalue weighted by Gasteiger charge is 2.28. The highest BCUT2D eigenvalue weighted by molar-refractivity contribution is 5.95. The molecule has 1 aromatic rings. The van der Waals surface area contributed by atoms with E-state index in [0.717, 1.165) is 0 Å². The summed E-state index contributed by atoms with van der Waals surface area (Å²) in [7, 11) is 0. The zero-order chi connectivity index (χ0) is 15.2. The Morgan fingerprint density at radius 2 is 1.95 bits per heavy atom. The van der Waals surface area contributed by atoms with E-state index in [4.69, 9.17) is 10.4 Å². The number of nitriles is 1. The Bertz CT molecular complexity index is 520. The molecule has 0 saturated carbocycles. The van der Waals surface area contributed by atoms with E-state index in [9.17, 15) is 9.59 Å². The van der Waals surface area contributed by atoms with E-state index in [2.05, 4.69) is 5.32 Å². The van der Waals surface area contributed by atoms with Crippen LogP contribution in [-0.2, 0) is 9.59 Å². The Morgan fingerprint density at radius 1 is 1.35 bits per heavy atom. The molecule has 0 bridgehead atoms. The molecule has 0 atom stereocenters. The van der Waals surface area contributed by atoms with Gasteiger partial charge in [-0.2, -0.15) is 5.26 Å². The molecule has 1 amide bonds. The number of amides is 1. The van der Waals surface area contributed by atoms with Crippen molar-refractivity contribution in [2.45, 2.75) is 19.4 Å². The Balaban J connectivity index is 2.77. The van der Waals surface area contributed by atoms with Crippen LogP contribution in [0.1, 0.15) is 13.8 Å². The molecular weight excluding hydrogens is 258 g/mol. The van der Waals surface area contributed by atoms with Crippen molar-refractivity contribution in [3.8, 4) is 6.07 Å². The molecule has 0 aliphatic rings. The van der Waals surface area contributed by atoms with Gasteiger partial charge in [0.2, 0.25) is 5.91 Å². The summed E-state index contributed by atoms with van der Waals surface area (Å²) in [6.45, 7) is 2.70. The van der Waals surface area contributed by atoms with Gasteiger partial charge in [-0.3, -0.25) is 19.8 Å². The fourth-order valence-electron chi connectivity index (χ4n) is 1.47. The van der Waals surface area contributed by atoms with E-state index < -0.39 is 11.5 Å². The third-order valence-electron chi connectivity index (χ3n) is 2.81. The van der Waals surface area contributed by atoms with E-state index in [1.807, 2.05) is 12.1 Å². The Labute approximate surface area is 117 Å². The minimum absolute atomic E-state index is 0.0853. The molecule has 0 heterocycles. The van der Waals surface area contributed by atoms with Gasteiger partial charge in [0, 0.05) is 5.69 Å². The summed E-state index contributed by atoms with van der Waals surface area (Å²) in [5.41, 5.74) is -0.598. The van der Waals surface area contributed by atoms with Crippen molar-refractivity contribution < 1.29 is 14.7 Å². The number of nitrogens with zero attached hydrogens (tertiary/aromatic N) is 2.